The fraction of sp³-hybridized carbons (Fsp3) is 0.357. The second kappa shape index (κ2) is 6.22. The van der Waals surface area contributed by atoms with Gasteiger partial charge < -0.3 is 9.88 Å². The molecule has 2 aromatic rings. The monoisotopic (exact) mass is 355 g/mol. The molecule has 0 fully saturated rings. The Labute approximate surface area is 122 Å². The van der Waals surface area contributed by atoms with Crippen molar-refractivity contribution in [2.45, 2.75) is 33.2 Å². The third-order valence-corrected chi connectivity index (χ3v) is 3.40. The van der Waals surface area contributed by atoms with Crippen LogP contribution in [0, 0.1) is 10.5 Å². The number of hydrogen-bond donors (Lipinski definition) is 1. The number of hydrogen-bond acceptors (Lipinski definition) is 2. The maximum Gasteiger partial charge on any atom is 0.207 e. The van der Waals surface area contributed by atoms with Crippen LogP contribution in [0.15, 0.2) is 30.5 Å². The number of aromatic nitrogens is 2. The number of aryl methyl sites for hydroxylation is 2. The van der Waals surface area contributed by atoms with Gasteiger partial charge in [-0.3, -0.25) is 0 Å². The van der Waals surface area contributed by atoms with Crippen LogP contribution >= 0.6 is 22.6 Å². The summed E-state index contributed by atoms with van der Waals surface area (Å²) in [6.07, 6.45) is 4.47. The van der Waals surface area contributed by atoms with Crippen molar-refractivity contribution in [3.05, 3.63) is 39.7 Å². The van der Waals surface area contributed by atoms with Crippen molar-refractivity contribution in [1.29, 1.82) is 0 Å². The summed E-state index contributed by atoms with van der Waals surface area (Å²) in [6, 6.07) is 8.32. The third-order valence-electron chi connectivity index (χ3n) is 2.73. The van der Waals surface area contributed by atoms with Crippen LogP contribution in [0.2, 0.25) is 0 Å². The normalized spacial score (nSPS) is 10.6. The molecule has 0 saturated carbocycles. The first-order valence-electron chi connectivity index (χ1n) is 6.25. The van der Waals surface area contributed by atoms with Gasteiger partial charge in [-0.15, -0.1) is 0 Å². The van der Waals surface area contributed by atoms with Crippen LogP contribution < -0.4 is 5.32 Å². The number of benzene rings is 1. The molecule has 0 bridgehead atoms. The molecule has 0 aliphatic heterocycles. The van der Waals surface area contributed by atoms with Gasteiger partial charge in [-0.2, -0.15) is 0 Å². The highest BCUT2D eigenvalue weighted by atomic mass is 127. The largest absolute Gasteiger partial charge is 0.326 e. The predicted molar refractivity (Wildman–Crippen MR) is 84.3 cm³/mol. The highest BCUT2D eigenvalue weighted by Gasteiger charge is 2.05. The molecule has 3 nitrogen and oxygen atoms in total. The van der Waals surface area contributed by atoms with Crippen LogP contribution in [0.25, 0.3) is 0 Å². The minimum atomic E-state index is 0.933. The standard InChI is InChI=1S/C14H18IN3/c1-3-4-8-18-10-11(2)16-14(18)17-13-7-5-6-12(15)9-13/h5-7,9-10H,3-4,8H2,1-2H3,(H,16,17). The Kier molecular flexibility index (Phi) is 4.63. The highest BCUT2D eigenvalue weighted by molar-refractivity contribution is 14.1. The van der Waals surface area contributed by atoms with Gasteiger partial charge in [0.15, 0.2) is 0 Å². The molecule has 0 aliphatic carbocycles. The third kappa shape index (κ3) is 3.48. The molecule has 1 N–H and O–H groups in total. The molecule has 2 rings (SSSR count). The molecule has 0 aliphatic rings. The summed E-state index contributed by atoms with van der Waals surface area (Å²) in [7, 11) is 0. The average molecular weight is 355 g/mol. The molecule has 18 heavy (non-hydrogen) atoms. The summed E-state index contributed by atoms with van der Waals surface area (Å²) in [5, 5.41) is 3.39. The average Bonchev–Trinajstić information content (AvgIpc) is 2.67. The Hall–Kier alpha value is -1.04. The minimum absolute atomic E-state index is 0.933. The van der Waals surface area contributed by atoms with E-state index in [0.29, 0.717) is 0 Å². The summed E-state index contributed by atoms with van der Waals surface area (Å²) in [5.74, 6) is 0.933. The Morgan fingerprint density at radius 3 is 2.94 bits per heavy atom. The van der Waals surface area contributed by atoms with Crippen molar-refractivity contribution < 1.29 is 0 Å². The molecule has 0 atom stereocenters. The number of nitrogens with one attached hydrogen (secondary N) is 1. The van der Waals surface area contributed by atoms with Gasteiger partial charge >= 0.3 is 0 Å². The molecular formula is C14H18IN3. The predicted octanol–water partition coefficient (Wildman–Crippen LogP) is 4.34. The first-order valence-corrected chi connectivity index (χ1v) is 7.33. The van der Waals surface area contributed by atoms with Crippen LogP contribution in [0.5, 0.6) is 0 Å². The van der Waals surface area contributed by atoms with Crippen LogP contribution in [0.3, 0.4) is 0 Å². The second-order valence-electron chi connectivity index (χ2n) is 4.39. The van der Waals surface area contributed by atoms with E-state index < -0.39 is 0 Å². The second-order valence-corrected chi connectivity index (χ2v) is 5.63. The van der Waals surface area contributed by atoms with Gasteiger partial charge in [-0.05, 0) is 54.1 Å². The first-order chi connectivity index (χ1) is 8.69. The van der Waals surface area contributed by atoms with Crippen molar-refractivity contribution in [2.75, 3.05) is 5.32 Å². The zero-order valence-corrected chi connectivity index (χ0v) is 12.9. The van der Waals surface area contributed by atoms with E-state index in [1.165, 1.54) is 16.4 Å². The SMILES string of the molecule is CCCCn1cc(C)nc1Nc1cccc(I)c1. The van der Waals surface area contributed by atoms with E-state index in [9.17, 15) is 0 Å². The summed E-state index contributed by atoms with van der Waals surface area (Å²) in [6.45, 7) is 5.25. The van der Waals surface area contributed by atoms with Crippen molar-refractivity contribution in [1.82, 2.24) is 9.55 Å². The Morgan fingerprint density at radius 2 is 2.22 bits per heavy atom. The zero-order valence-electron chi connectivity index (χ0n) is 10.8. The molecule has 0 spiro atoms. The lowest BCUT2D eigenvalue weighted by molar-refractivity contribution is 0.637. The van der Waals surface area contributed by atoms with Crippen LogP contribution in [0.1, 0.15) is 25.5 Å². The molecule has 0 unspecified atom stereocenters. The molecule has 4 heteroatoms. The summed E-state index contributed by atoms with van der Waals surface area (Å²) < 4.78 is 3.42. The fourth-order valence-electron chi connectivity index (χ4n) is 1.84. The van der Waals surface area contributed by atoms with E-state index >= 15 is 0 Å². The molecular weight excluding hydrogens is 337 g/mol. The molecule has 96 valence electrons. The van der Waals surface area contributed by atoms with Gasteiger partial charge in [0.2, 0.25) is 5.95 Å². The summed E-state index contributed by atoms with van der Waals surface area (Å²) in [4.78, 5) is 4.54. The van der Waals surface area contributed by atoms with Gasteiger partial charge in [0, 0.05) is 22.0 Å². The Balaban J connectivity index is 2.17. The quantitative estimate of drug-likeness (QED) is 0.809. The summed E-state index contributed by atoms with van der Waals surface area (Å²) >= 11 is 2.32. The Bertz CT molecular complexity index is 520. The van der Waals surface area contributed by atoms with Gasteiger partial charge in [-0.1, -0.05) is 19.4 Å². The van der Waals surface area contributed by atoms with E-state index in [-0.39, 0.29) is 0 Å². The zero-order chi connectivity index (χ0) is 13.0. The van der Waals surface area contributed by atoms with Crippen molar-refractivity contribution >= 4 is 34.2 Å². The molecule has 1 aromatic carbocycles. The van der Waals surface area contributed by atoms with Gasteiger partial charge in [0.25, 0.3) is 0 Å². The van der Waals surface area contributed by atoms with Gasteiger partial charge in [0.1, 0.15) is 0 Å². The van der Waals surface area contributed by atoms with Crippen LogP contribution in [0.4, 0.5) is 11.6 Å². The van der Waals surface area contributed by atoms with E-state index in [1.807, 2.05) is 6.92 Å². The van der Waals surface area contributed by atoms with Crippen LogP contribution in [-0.4, -0.2) is 9.55 Å². The molecule has 1 aromatic heterocycles. The Morgan fingerprint density at radius 1 is 1.39 bits per heavy atom. The summed E-state index contributed by atoms with van der Waals surface area (Å²) in [5.41, 5.74) is 2.14. The van der Waals surface area contributed by atoms with Crippen LogP contribution in [-0.2, 0) is 6.54 Å². The van der Waals surface area contributed by atoms with Gasteiger partial charge in [0.05, 0.1) is 5.69 Å². The molecule has 1 heterocycles. The maximum atomic E-state index is 4.54. The van der Waals surface area contributed by atoms with E-state index in [0.717, 1.165) is 23.9 Å². The number of halogens is 1. The van der Waals surface area contributed by atoms with Gasteiger partial charge in [-0.25, -0.2) is 4.98 Å². The number of rotatable bonds is 5. The van der Waals surface area contributed by atoms with Crippen molar-refractivity contribution in [3.8, 4) is 0 Å². The lowest BCUT2D eigenvalue weighted by Gasteiger charge is -2.09. The minimum Gasteiger partial charge on any atom is -0.326 e. The molecule has 0 amide bonds. The maximum absolute atomic E-state index is 4.54. The lowest BCUT2D eigenvalue weighted by Crippen LogP contribution is -2.03. The van der Waals surface area contributed by atoms with Crippen molar-refractivity contribution in [3.63, 3.8) is 0 Å². The first kappa shape index (κ1) is 13.4. The smallest absolute Gasteiger partial charge is 0.207 e. The lowest BCUT2D eigenvalue weighted by atomic mass is 10.3. The van der Waals surface area contributed by atoms with E-state index in [2.05, 4.69) is 74.8 Å². The topological polar surface area (TPSA) is 29.9 Å². The number of nitrogens with zero attached hydrogens (tertiary/aromatic N) is 2. The number of anilines is 2. The highest BCUT2D eigenvalue weighted by Crippen LogP contribution is 2.19. The number of unbranched alkanes of at least 4 members (excludes halogenated alkanes) is 1. The van der Waals surface area contributed by atoms with Crippen molar-refractivity contribution in [2.24, 2.45) is 0 Å². The molecule has 0 radical (unpaired) electrons. The fourth-order valence-corrected chi connectivity index (χ4v) is 2.38. The molecule has 0 saturated heterocycles. The van der Waals surface area contributed by atoms with E-state index in [4.69, 9.17) is 0 Å². The van der Waals surface area contributed by atoms with E-state index in [1.54, 1.807) is 0 Å². The number of imidazole rings is 1.